The van der Waals surface area contributed by atoms with Gasteiger partial charge < -0.3 is 14.3 Å². The van der Waals surface area contributed by atoms with Crippen molar-refractivity contribution in [2.75, 3.05) is 0 Å². The van der Waals surface area contributed by atoms with Gasteiger partial charge in [0.2, 0.25) is 0 Å². The van der Waals surface area contributed by atoms with E-state index in [1.165, 1.54) is 11.1 Å². The minimum absolute atomic E-state index is 0.0465. The molecule has 4 nitrogen and oxygen atoms in total. The van der Waals surface area contributed by atoms with Gasteiger partial charge in [-0.25, -0.2) is 0 Å². The summed E-state index contributed by atoms with van der Waals surface area (Å²) in [4.78, 5) is 12.9. The van der Waals surface area contributed by atoms with Crippen molar-refractivity contribution in [1.29, 1.82) is 0 Å². The number of nitrogens with zero attached hydrogens (tertiary/aromatic N) is 1. The Morgan fingerprint density at radius 2 is 1.88 bits per heavy atom. The van der Waals surface area contributed by atoms with E-state index in [4.69, 9.17) is 4.42 Å². The van der Waals surface area contributed by atoms with Crippen LogP contribution in [-0.2, 0) is 19.9 Å². The van der Waals surface area contributed by atoms with Crippen LogP contribution in [0.1, 0.15) is 27.2 Å². The molecular formula is C20H20N2O2. The molecule has 1 N–H and O–H groups in total. The first-order valence-electron chi connectivity index (χ1n) is 8.21. The van der Waals surface area contributed by atoms with Gasteiger partial charge in [-0.05, 0) is 48.6 Å². The Morgan fingerprint density at radius 1 is 1.17 bits per heavy atom. The second kappa shape index (κ2) is 5.71. The molecule has 1 aliphatic carbocycles. The summed E-state index contributed by atoms with van der Waals surface area (Å²) in [5.41, 5.74) is 5.22. The SMILES string of the molecule is Cc1cn(C)c(C(=O)NC2Cc3ccccc3C2)c1-c1ccco1. The number of fused-ring (bicyclic) bond motifs is 1. The molecule has 0 fully saturated rings. The van der Waals surface area contributed by atoms with E-state index in [1.54, 1.807) is 6.26 Å². The molecule has 1 aromatic carbocycles. The second-order valence-corrected chi connectivity index (χ2v) is 6.47. The highest BCUT2D eigenvalue weighted by Gasteiger charge is 2.26. The van der Waals surface area contributed by atoms with E-state index in [0.29, 0.717) is 5.69 Å². The van der Waals surface area contributed by atoms with Crippen LogP contribution in [0.3, 0.4) is 0 Å². The Morgan fingerprint density at radius 3 is 2.50 bits per heavy atom. The number of hydrogen-bond acceptors (Lipinski definition) is 2. The van der Waals surface area contributed by atoms with Crippen molar-refractivity contribution in [2.24, 2.45) is 7.05 Å². The molecule has 2 aromatic heterocycles. The Balaban J connectivity index is 1.60. The number of carbonyl (C=O) groups is 1. The second-order valence-electron chi connectivity index (χ2n) is 6.47. The third-order valence-electron chi connectivity index (χ3n) is 4.74. The van der Waals surface area contributed by atoms with Crippen LogP contribution in [0.4, 0.5) is 0 Å². The number of aromatic nitrogens is 1. The maximum Gasteiger partial charge on any atom is 0.268 e. The molecule has 1 amide bonds. The van der Waals surface area contributed by atoms with Gasteiger partial charge in [0.1, 0.15) is 11.5 Å². The number of nitrogens with one attached hydrogen (secondary N) is 1. The number of hydrogen-bond donors (Lipinski definition) is 1. The fourth-order valence-electron chi connectivity index (χ4n) is 3.70. The highest BCUT2D eigenvalue weighted by molar-refractivity contribution is 6.00. The molecule has 122 valence electrons. The molecule has 0 saturated carbocycles. The molecule has 4 heteroatoms. The normalized spacial score (nSPS) is 13.9. The standard InChI is InChI=1S/C20H20N2O2/c1-13-12-22(2)19(18(13)17-8-5-9-24-17)20(23)21-16-10-14-6-3-4-7-15(14)11-16/h3-9,12,16H,10-11H2,1-2H3,(H,21,23). The number of amides is 1. The third-order valence-corrected chi connectivity index (χ3v) is 4.74. The van der Waals surface area contributed by atoms with Crippen molar-refractivity contribution in [3.8, 4) is 11.3 Å². The van der Waals surface area contributed by atoms with Gasteiger partial charge in [0.25, 0.3) is 5.91 Å². The molecular weight excluding hydrogens is 300 g/mol. The van der Waals surface area contributed by atoms with Gasteiger partial charge >= 0.3 is 0 Å². The average molecular weight is 320 g/mol. The largest absolute Gasteiger partial charge is 0.464 e. The van der Waals surface area contributed by atoms with E-state index in [9.17, 15) is 4.79 Å². The Labute approximate surface area is 141 Å². The van der Waals surface area contributed by atoms with Crippen LogP contribution in [0.15, 0.2) is 53.3 Å². The minimum Gasteiger partial charge on any atom is -0.464 e. The summed E-state index contributed by atoms with van der Waals surface area (Å²) >= 11 is 0. The van der Waals surface area contributed by atoms with E-state index in [-0.39, 0.29) is 11.9 Å². The Kier molecular flexibility index (Phi) is 3.53. The number of carbonyl (C=O) groups excluding carboxylic acids is 1. The summed E-state index contributed by atoms with van der Waals surface area (Å²) in [5.74, 6) is 0.683. The Hall–Kier alpha value is -2.75. The molecule has 24 heavy (non-hydrogen) atoms. The van der Waals surface area contributed by atoms with Crippen LogP contribution in [0.2, 0.25) is 0 Å². The van der Waals surface area contributed by atoms with Gasteiger partial charge in [0.05, 0.1) is 11.8 Å². The van der Waals surface area contributed by atoms with Gasteiger partial charge in [-0.15, -0.1) is 0 Å². The van der Waals surface area contributed by atoms with E-state index in [2.05, 4.69) is 29.6 Å². The van der Waals surface area contributed by atoms with E-state index in [1.807, 2.05) is 36.9 Å². The van der Waals surface area contributed by atoms with Crippen molar-refractivity contribution in [1.82, 2.24) is 9.88 Å². The fraction of sp³-hybridized carbons (Fsp3) is 0.250. The van der Waals surface area contributed by atoms with Gasteiger partial charge in [0, 0.05) is 19.3 Å². The quantitative estimate of drug-likeness (QED) is 0.803. The van der Waals surface area contributed by atoms with Crippen molar-refractivity contribution >= 4 is 5.91 Å². The summed E-state index contributed by atoms with van der Waals surface area (Å²) in [6.07, 6.45) is 5.38. The lowest BCUT2D eigenvalue weighted by atomic mass is 10.1. The van der Waals surface area contributed by atoms with Crippen LogP contribution in [-0.4, -0.2) is 16.5 Å². The lowest BCUT2D eigenvalue weighted by Gasteiger charge is -2.14. The van der Waals surface area contributed by atoms with Crippen molar-refractivity contribution in [3.63, 3.8) is 0 Å². The molecule has 0 unspecified atom stereocenters. The molecule has 1 aliphatic rings. The first-order chi connectivity index (χ1) is 11.6. The average Bonchev–Trinajstić information content (AvgIpc) is 3.25. The third kappa shape index (κ3) is 2.44. The molecule has 0 bridgehead atoms. The van der Waals surface area contributed by atoms with Gasteiger partial charge in [-0.2, -0.15) is 0 Å². The van der Waals surface area contributed by atoms with Gasteiger partial charge in [-0.3, -0.25) is 4.79 Å². The molecule has 2 heterocycles. The van der Waals surface area contributed by atoms with Crippen LogP contribution in [0.25, 0.3) is 11.3 Å². The summed E-state index contributed by atoms with van der Waals surface area (Å²) < 4.78 is 7.41. The van der Waals surface area contributed by atoms with Crippen molar-refractivity contribution in [2.45, 2.75) is 25.8 Å². The number of aryl methyl sites for hydroxylation is 2. The van der Waals surface area contributed by atoms with E-state index in [0.717, 1.165) is 29.7 Å². The number of benzene rings is 1. The number of rotatable bonds is 3. The van der Waals surface area contributed by atoms with Crippen LogP contribution in [0, 0.1) is 6.92 Å². The lowest BCUT2D eigenvalue weighted by molar-refractivity contribution is 0.0931. The highest BCUT2D eigenvalue weighted by atomic mass is 16.3. The molecule has 0 saturated heterocycles. The van der Waals surface area contributed by atoms with Gasteiger partial charge in [0.15, 0.2) is 0 Å². The smallest absolute Gasteiger partial charge is 0.268 e. The Bertz CT molecular complexity index is 866. The van der Waals surface area contributed by atoms with E-state index < -0.39 is 0 Å². The van der Waals surface area contributed by atoms with Crippen LogP contribution < -0.4 is 5.32 Å². The van der Waals surface area contributed by atoms with Crippen molar-refractivity contribution < 1.29 is 9.21 Å². The van der Waals surface area contributed by atoms with E-state index >= 15 is 0 Å². The predicted octanol–water partition coefficient (Wildman–Crippen LogP) is 3.49. The summed E-state index contributed by atoms with van der Waals surface area (Å²) in [6, 6.07) is 12.3. The van der Waals surface area contributed by atoms with Crippen molar-refractivity contribution in [3.05, 3.63) is 71.2 Å². The maximum absolute atomic E-state index is 12.9. The lowest BCUT2D eigenvalue weighted by Crippen LogP contribution is -2.36. The maximum atomic E-state index is 12.9. The van der Waals surface area contributed by atoms with Crippen LogP contribution in [0.5, 0.6) is 0 Å². The molecule has 0 spiro atoms. The van der Waals surface area contributed by atoms with Crippen LogP contribution >= 0.6 is 0 Å². The minimum atomic E-state index is -0.0465. The summed E-state index contributed by atoms with van der Waals surface area (Å²) in [7, 11) is 1.90. The number of furan rings is 1. The topological polar surface area (TPSA) is 47.2 Å². The fourth-order valence-corrected chi connectivity index (χ4v) is 3.70. The monoisotopic (exact) mass is 320 g/mol. The zero-order valence-corrected chi connectivity index (χ0v) is 13.9. The first kappa shape index (κ1) is 14.8. The predicted molar refractivity (Wildman–Crippen MR) is 93.0 cm³/mol. The molecule has 0 aliphatic heterocycles. The zero-order valence-electron chi connectivity index (χ0n) is 13.9. The zero-order chi connectivity index (χ0) is 16.7. The first-order valence-corrected chi connectivity index (χ1v) is 8.21. The highest BCUT2D eigenvalue weighted by Crippen LogP contribution is 2.30. The summed E-state index contributed by atoms with van der Waals surface area (Å²) in [6.45, 7) is 2.00. The molecule has 3 aromatic rings. The van der Waals surface area contributed by atoms with Gasteiger partial charge in [-0.1, -0.05) is 24.3 Å². The molecule has 0 atom stereocenters. The molecule has 4 rings (SSSR count). The molecule has 0 radical (unpaired) electrons. The summed E-state index contributed by atoms with van der Waals surface area (Å²) in [5, 5.41) is 3.20.